The van der Waals surface area contributed by atoms with E-state index in [1.807, 2.05) is 0 Å². The van der Waals surface area contributed by atoms with Crippen molar-refractivity contribution in [2.24, 2.45) is 5.92 Å². The minimum Gasteiger partial charge on any atom is -0.0872 e. The van der Waals surface area contributed by atoms with Crippen molar-refractivity contribution in [1.29, 1.82) is 0 Å². The standard InChI is InChI=1S/C7H10Br2/c8-6(5-1-2-5)7(9)3-4-7/h5-6H,1-4H2. The highest BCUT2D eigenvalue weighted by Gasteiger charge is 2.51. The third-order valence-corrected chi connectivity index (χ3v) is 5.78. The highest BCUT2D eigenvalue weighted by atomic mass is 79.9. The molecule has 0 saturated heterocycles. The van der Waals surface area contributed by atoms with E-state index in [4.69, 9.17) is 0 Å². The van der Waals surface area contributed by atoms with E-state index in [1.165, 1.54) is 25.7 Å². The number of hydrogen-bond acceptors (Lipinski definition) is 0. The minimum atomic E-state index is 0.522. The first-order valence-electron chi connectivity index (χ1n) is 3.55. The zero-order valence-electron chi connectivity index (χ0n) is 5.24. The molecular formula is C7H10Br2. The lowest BCUT2D eigenvalue weighted by Crippen LogP contribution is -2.16. The molecule has 0 aliphatic heterocycles. The third kappa shape index (κ3) is 1.21. The molecule has 0 aromatic rings. The Labute approximate surface area is 72.7 Å². The van der Waals surface area contributed by atoms with Gasteiger partial charge < -0.3 is 0 Å². The second-order valence-electron chi connectivity index (χ2n) is 3.27. The fraction of sp³-hybridized carbons (Fsp3) is 1.00. The molecule has 0 radical (unpaired) electrons. The van der Waals surface area contributed by atoms with Crippen LogP contribution in [-0.2, 0) is 0 Å². The van der Waals surface area contributed by atoms with Crippen molar-refractivity contribution >= 4 is 31.9 Å². The molecular weight excluding hydrogens is 244 g/mol. The maximum atomic E-state index is 3.75. The first-order chi connectivity index (χ1) is 4.22. The van der Waals surface area contributed by atoms with Crippen molar-refractivity contribution in [3.8, 4) is 0 Å². The van der Waals surface area contributed by atoms with E-state index < -0.39 is 0 Å². The van der Waals surface area contributed by atoms with Crippen molar-refractivity contribution < 1.29 is 0 Å². The van der Waals surface area contributed by atoms with Crippen LogP contribution in [0.3, 0.4) is 0 Å². The van der Waals surface area contributed by atoms with Crippen LogP contribution in [-0.4, -0.2) is 9.15 Å². The predicted octanol–water partition coefficient (Wildman–Crippen LogP) is 3.09. The first kappa shape index (κ1) is 6.66. The summed E-state index contributed by atoms with van der Waals surface area (Å²) in [4.78, 5) is 0.769. The van der Waals surface area contributed by atoms with Crippen LogP contribution >= 0.6 is 31.9 Å². The van der Waals surface area contributed by atoms with Crippen LogP contribution in [0.1, 0.15) is 25.7 Å². The first-order valence-corrected chi connectivity index (χ1v) is 5.26. The Morgan fingerprint density at radius 1 is 1.33 bits per heavy atom. The molecule has 0 spiro atoms. The number of hydrogen-bond donors (Lipinski definition) is 0. The van der Waals surface area contributed by atoms with Gasteiger partial charge in [-0.05, 0) is 31.6 Å². The van der Waals surface area contributed by atoms with Crippen LogP contribution < -0.4 is 0 Å². The summed E-state index contributed by atoms with van der Waals surface area (Å²) in [5, 5.41) is 0. The topological polar surface area (TPSA) is 0 Å². The third-order valence-electron chi connectivity index (χ3n) is 2.26. The van der Waals surface area contributed by atoms with Crippen molar-refractivity contribution in [2.45, 2.75) is 34.8 Å². The molecule has 1 unspecified atom stereocenters. The summed E-state index contributed by atoms with van der Waals surface area (Å²) in [6.07, 6.45) is 5.64. The number of alkyl halides is 2. The van der Waals surface area contributed by atoms with Gasteiger partial charge in [0.1, 0.15) is 0 Å². The monoisotopic (exact) mass is 252 g/mol. The zero-order chi connectivity index (χ0) is 6.48. The molecule has 0 nitrogen and oxygen atoms in total. The summed E-state index contributed by atoms with van der Waals surface area (Å²) in [7, 11) is 0. The zero-order valence-corrected chi connectivity index (χ0v) is 8.41. The van der Waals surface area contributed by atoms with Gasteiger partial charge in [0, 0.05) is 9.15 Å². The summed E-state index contributed by atoms with van der Waals surface area (Å²) < 4.78 is 0.522. The molecule has 0 amide bonds. The highest BCUT2D eigenvalue weighted by Crippen LogP contribution is 2.56. The van der Waals surface area contributed by atoms with Crippen LogP contribution in [0.5, 0.6) is 0 Å². The van der Waals surface area contributed by atoms with Crippen LogP contribution in [0, 0.1) is 5.92 Å². The molecule has 1 atom stereocenters. The van der Waals surface area contributed by atoms with E-state index in [2.05, 4.69) is 31.9 Å². The summed E-state index contributed by atoms with van der Waals surface area (Å²) in [5.74, 6) is 0.992. The SMILES string of the molecule is BrC(C1CC1)C1(Br)CC1. The Hall–Kier alpha value is 0.960. The molecule has 2 aliphatic carbocycles. The van der Waals surface area contributed by atoms with Crippen LogP contribution in [0.4, 0.5) is 0 Å². The molecule has 0 heterocycles. The van der Waals surface area contributed by atoms with E-state index >= 15 is 0 Å². The van der Waals surface area contributed by atoms with Gasteiger partial charge >= 0.3 is 0 Å². The Morgan fingerprint density at radius 3 is 2.22 bits per heavy atom. The molecule has 0 aromatic heterocycles. The lowest BCUT2D eigenvalue weighted by Gasteiger charge is -2.12. The average molecular weight is 254 g/mol. The largest absolute Gasteiger partial charge is 0.0872 e. The summed E-state index contributed by atoms with van der Waals surface area (Å²) in [5.41, 5.74) is 0. The molecule has 52 valence electrons. The van der Waals surface area contributed by atoms with Gasteiger partial charge in [-0.1, -0.05) is 31.9 Å². The smallest absolute Gasteiger partial charge is 0.0386 e. The highest BCUT2D eigenvalue weighted by molar-refractivity contribution is 9.12. The van der Waals surface area contributed by atoms with E-state index in [0.717, 1.165) is 10.7 Å². The van der Waals surface area contributed by atoms with Crippen LogP contribution in [0.2, 0.25) is 0 Å². The van der Waals surface area contributed by atoms with Crippen molar-refractivity contribution in [3.63, 3.8) is 0 Å². The van der Waals surface area contributed by atoms with Gasteiger partial charge in [-0.3, -0.25) is 0 Å². The summed E-state index contributed by atoms with van der Waals surface area (Å²) >= 11 is 7.49. The van der Waals surface area contributed by atoms with Crippen molar-refractivity contribution in [1.82, 2.24) is 0 Å². The maximum Gasteiger partial charge on any atom is 0.0386 e. The molecule has 0 N–H and O–H groups in total. The Kier molecular flexibility index (Phi) is 1.46. The fourth-order valence-corrected chi connectivity index (χ4v) is 2.77. The fourth-order valence-electron chi connectivity index (χ4n) is 1.21. The molecule has 2 aliphatic rings. The van der Waals surface area contributed by atoms with E-state index in [1.54, 1.807) is 0 Å². The van der Waals surface area contributed by atoms with Gasteiger partial charge in [0.05, 0.1) is 0 Å². The van der Waals surface area contributed by atoms with Crippen LogP contribution in [0.25, 0.3) is 0 Å². The van der Waals surface area contributed by atoms with Gasteiger partial charge in [0.15, 0.2) is 0 Å². The van der Waals surface area contributed by atoms with Gasteiger partial charge in [0.25, 0.3) is 0 Å². The quantitative estimate of drug-likeness (QED) is 0.664. The lowest BCUT2D eigenvalue weighted by atomic mass is 10.2. The maximum absolute atomic E-state index is 3.75. The second-order valence-corrected chi connectivity index (χ2v) is 5.84. The Balaban J connectivity index is 1.95. The molecule has 2 rings (SSSR count). The Bertz CT molecular complexity index is 125. The van der Waals surface area contributed by atoms with Gasteiger partial charge in [-0.25, -0.2) is 0 Å². The molecule has 0 aromatic carbocycles. The minimum absolute atomic E-state index is 0.522. The summed E-state index contributed by atoms with van der Waals surface area (Å²) in [6.45, 7) is 0. The molecule has 2 heteroatoms. The molecule has 2 fully saturated rings. The molecule has 2 saturated carbocycles. The van der Waals surface area contributed by atoms with E-state index in [-0.39, 0.29) is 0 Å². The molecule has 9 heavy (non-hydrogen) atoms. The Morgan fingerprint density at radius 2 is 1.89 bits per heavy atom. The number of halogens is 2. The lowest BCUT2D eigenvalue weighted by molar-refractivity contribution is 0.730. The van der Waals surface area contributed by atoms with Gasteiger partial charge in [-0.15, -0.1) is 0 Å². The van der Waals surface area contributed by atoms with Crippen molar-refractivity contribution in [3.05, 3.63) is 0 Å². The normalized spacial score (nSPS) is 34.0. The second kappa shape index (κ2) is 1.97. The van der Waals surface area contributed by atoms with Gasteiger partial charge in [0.2, 0.25) is 0 Å². The summed E-state index contributed by atoms with van der Waals surface area (Å²) in [6, 6.07) is 0. The number of rotatable bonds is 2. The predicted molar refractivity (Wildman–Crippen MR) is 46.3 cm³/mol. The molecule has 0 bridgehead atoms. The van der Waals surface area contributed by atoms with E-state index in [0.29, 0.717) is 4.32 Å². The average Bonchev–Trinajstić information content (AvgIpc) is 2.54. The van der Waals surface area contributed by atoms with Gasteiger partial charge in [-0.2, -0.15) is 0 Å². The van der Waals surface area contributed by atoms with Crippen LogP contribution in [0.15, 0.2) is 0 Å². The van der Waals surface area contributed by atoms with Crippen molar-refractivity contribution in [2.75, 3.05) is 0 Å². The van der Waals surface area contributed by atoms with E-state index in [9.17, 15) is 0 Å².